The first-order valence-electron chi connectivity index (χ1n) is 5.42. The van der Waals surface area contributed by atoms with E-state index in [1.807, 2.05) is 6.92 Å². The van der Waals surface area contributed by atoms with Crippen LogP contribution in [0.3, 0.4) is 0 Å². The minimum absolute atomic E-state index is 0.411. The summed E-state index contributed by atoms with van der Waals surface area (Å²) in [7, 11) is 0. The second kappa shape index (κ2) is 6.70. The Hall–Kier alpha value is -0.810. The standard InChI is InChI=1S/C10H17ClN2O3/c1-2-12-4-5-13(10(15)9(12)14)6-8-16-7-3-11/h2-8H2,1H3. The molecule has 1 aliphatic rings. The lowest BCUT2D eigenvalue weighted by atomic mass is 10.3. The van der Waals surface area contributed by atoms with Crippen LogP contribution < -0.4 is 0 Å². The van der Waals surface area contributed by atoms with Gasteiger partial charge in [-0.25, -0.2) is 0 Å². The van der Waals surface area contributed by atoms with E-state index in [9.17, 15) is 9.59 Å². The first-order chi connectivity index (χ1) is 7.70. The van der Waals surface area contributed by atoms with E-state index in [2.05, 4.69) is 0 Å². The molecule has 6 heteroatoms. The van der Waals surface area contributed by atoms with Crippen LogP contribution in [0.25, 0.3) is 0 Å². The quantitative estimate of drug-likeness (QED) is 0.376. The van der Waals surface area contributed by atoms with Crippen molar-refractivity contribution in [1.82, 2.24) is 9.80 Å². The van der Waals surface area contributed by atoms with Crippen LogP contribution in [0.2, 0.25) is 0 Å². The number of piperazine rings is 1. The van der Waals surface area contributed by atoms with Crippen molar-refractivity contribution in [1.29, 1.82) is 0 Å². The van der Waals surface area contributed by atoms with Gasteiger partial charge in [-0.05, 0) is 6.92 Å². The summed E-state index contributed by atoms with van der Waals surface area (Å²) in [6.07, 6.45) is 0. The van der Waals surface area contributed by atoms with Gasteiger partial charge in [-0.15, -0.1) is 11.6 Å². The lowest BCUT2D eigenvalue weighted by Crippen LogP contribution is -2.54. The van der Waals surface area contributed by atoms with Gasteiger partial charge in [0.1, 0.15) is 0 Å². The number of alkyl halides is 1. The van der Waals surface area contributed by atoms with Crippen LogP contribution in [0, 0.1) is 0 Å². The van der Waals surface area contributed by atoms with Crippen molar-refractivity contribution in [2.75, 3.05) is 45.3 Å². The third-order valence-electron chi connectivity index (χ3n) is 2.51. The highest BCUT2D eigenvalue weighted by atomic mass is 35.5. The van der Waals surface area contributed by atoms with Crippen LogP contribution >= 0.6 is 11.6 Å². The first-order valence-corrected chi connectivity index (χ1v) is 5.96. The van der Waals surface area contributed by atoms with Crippen LogP contribution in [0.1, 0.15) is 6.92 Å². The molecule has 0 aromatic rings. The summed E-state index contributed by atoms with van der Waals surface area (Å²) in [6, 6.07) is 0. The van der Waals surface area contributed by atoms with E-state index in [1.165, 1.54) is 4.90 Å². The van der Waals surface area contributed by atoms with Gasteiger partial charge in [-0.1, -0.05) is 0 Å². The number of carbonyl (C=O) groups excluding carboxylic acids is 2. The zero-order valence-corrected chi connectivity index (χ0v) is 10.2. The van der Waals surface area contributed by atoms with Gasteiger partial charge in [0.15, 0.2) is 0 Å². The van der Waals surface area contributed by atoms with Crippen molar-refractivity contribution < 1.29 is 14.3 Å². The number of nitrogens with zero attached hydrogens (tertiary/aromatic N) is 2. The number of amides is 2. The molecule has 0 spiro atoms. The summed E-state index contributed by atoms with van der Waals surface area (Å²) < 4.78 is 5.17. The van der Waals surface area contributed by atoms with E-state index >= 15 is 0 Å². The lowest BCUT2D eigenvalue weighted by molar-refractivity contribution is -0.156. The summed E-state index contributed by atoms with van der Waals surface area (Å²) in [5, 5.41) is 0. The minimum atomic E-state index is -0.428. The topological polar surface area (TPSA) is 49.9 Å². The SMILES string of the molecule is CCN1CCN(CCOCCCl)C(=O)C1=O. The zero-order chi connectivity index (χ0) is 12.0. The van der Waals surface area contributed by atoms with Gasteiger partial charge in [0.2, 0.25) is 0 Å². The van der Waals surface area contributed by atoms with E-state index in [-0.39, 0.29) is 0 Å². The second-order valence-electron chi connectivity index (χ2n) is 3.48. The molecule has 0 aromatic heterocycles. The summed E-state index contributed by atoms with van der Waals surface area (Å²) in [6.45, 7) is 5.00. The van der Waals surface area contributed by atoms with Crippen molar-refractivity contribution in [3.05, 3.63) is 0 Å². The predicted octanol–water partition coefficient (Wildman–Crippen LogP) is -0.0675. The van der Waals surface area contributed by atoms with E-state index in [1.54, 1.807) is 4.90 Å². The largest absolute Gasteiger partial charge is 0.378 e. The highest BCUT2D eigenvalue weighted by molar-refractivity contribution is 6.35. The Morgan fingerprint density at radius 3 is 2.44 bits per heavy atom. The summed E-state index contributed by atoms with van der Waals surface area (Å²) in [5.74, 6) is -0.398. The van der Waals surface area contributed by atoms with Crippen LogP contribution in [0.4, 0.5) is 0 Å². The molecule has 16 heavy (non-hydrogen) atoms. The number of hydrogen-bond donors (Lipinski definition) is 0. The van der Waals surface area contributed by atoms with Gasteiger partial charge in [0, 0.05) is 32.1 Å². The molecule has 92 valence electrons. The maximum atomic E-state index is 11.6. The fraction of sp³-hybridized carbons (Fsp3) is 0.800. The Labute approximate surface area is 100 Å². The molecule has 1 saturated heterocycles. The third-order valence-corrected chi connectivity index (χ3v) is 2.66. The predicted molar refractivity (Wildman–Crippen MR) is 60.4 cm³/mol. The molecule has 0 N–H and O–H groups in total. The van der Waals surface area contributed by atoms with Gasteiger partial charge in [0.25, 0.3) is 0 Å². The molecule has 1 heterocycles. The third kappa shape index (κ3) is 3.35. The molecular formula is C10H17ClN2O3. The number of likely N-dealkylation sites (N-methyl/N-ethyl adjacent to an activating group) is 1. The Kier molecular flexibility index (Phi) is 5.55. The molecule has 2 amide bonds. The van der Waals surface area contributed by atoms with Crippen molar-refractivity contribution in [2.24, 2.45) is 0 Å². The van der Waals surface area contributed by atoms with Crippen LogP contribution in [-0.4, -0.2) is 66.9 Å². The summed E-state index contributed by atoms with van der Waals surface area (Å²) in [5.41, 5.74) is 0. The molecule has 0 aliphatic carbocycles. The normalized spacial score (nSPS) is 17.1. The molecule has 1 aliphatic heterocycles. The second-order valence-corrected chi connectivity index (χ2v) is 3.86. The zero-order valence-electron chi connectivity index (χ0n) is 9.45. The molecule has 0 radical (unpaired) electrons. The summed E-state index contributed by atoms with van der Waals surface area (Å²) in [4.78, 5) is 26.2. The molecule has 0 unspecified atom stereocenters. The number of rotatable bonds is 6. The minimum Gasteiger partial charge on any atom is -0.378 e. The van der Waals surface area contributed by atoms with E-state index < -0.39 is 11.8 Å². The molecule has 5 nitrogen and oxygen atoms in total. The van der Waals surface area contributed by atoms with Gasteiger partial charge < -0.3 is 14.5 Å². The average molecular weight is 249 g/mol. The first kappa shape index (κ1) is 13.3. The number of halogens is 1. The smallest absolute Gasteiger partial charge is 0.312 e. The van der Waals surface area contributed by atoms with Gasteiger partial charge in [-0.3, -0.25) is 9.59 Å². The maximum Gasteiger partial charge on any atom is 0.312 e. The van der Waals surface area contributed by atoms with Gasteiger partial charge in [0.05, 0.1) is 13.2 Å². The molecule has 1 rings (SSSR count). The molecule has 0 bridgehead atoms. The highest BCUT2D eigenvalue weighted by Gasteiger charge is 2.30. The fourth-order valence-electron chi connectivity index (χ4n) is 1.56. The maximum absolute atomic E-state index is 11.6. The van der Waals surface area contributed by atoms with Crippen molar-refractivity contribution in [2.45, 2.75) is 6.92 Å². The average Bonchev–Trinajstić information content (AvgIpc) is 2.30. The lowest BCUT2D eigenvalue weighted by Gasteiger charge is -2.32. The molecule has 0 aromatic carbocycles. The summed E-state index contributed by atoms with van der Waals surface area (Å²) >= 11 is 5.45. The molecule has 0 saturated carbocycles. The van der Waals surface area contributed by atoms with Gasteiger partial charge >= 0.3 is 11.8 Å². The van der Waals surface area contributed by atoms with E-state index in [0.29, 0.717) is 45.3 Å². The molecular weight excluding hydrogens is 232 g/mol. The molecule has 1 fully saturated rings. The van der Waals surface area contributed by atoms with Crippen LogP contribution in [-0.2, 0) is 14.3 Å². The Balaban J connectivity index is 2.34. The van der Waals surface area contributed by atoms with Crippen molar-refractivity contribution in [3.63, 3.8) is 0 Å². The number of hydrogen-bond acceptors (Lipinski definition) is 3. The number of carbonyl (C=O) groups is 2. The van der Waals surface area contributed by atoms with E-state index in [0.717, 1.165) is 0 Å². The van der Waals surface area contributed by atoms with Crippen LogP contribution in [0.5, 0.6) is 0 Å². The van der Waals surface area contributed by atoms with Crippen molar-refractivity contribution in [3.8, 4) is 0 Å². The van der Waals surface area contributed by atoms with Crippen molar-refractivity contribution >= 4 is 23.4 Å². The molecule has 0 atom stereocenters. The van der Waals surface area contributed by atoms with Crippen LogP contribution in [0.15, 0.2) is 0 Å². The Morgan fingerprint density at radius 2 is 1.81 bits per heavy atom. The Morgan fingerprint density at radius 1 is 1.19 bits per heavy atom. The van der Waals surface area contributed by atoms with Gasteiger partial charge in [-0.2, -0.15) is 0 Å². The number of ether oxygens (including phenoxy) is 1. The highest BCUT2D eigenvalue weighted by Crippen LogP contribution is 2.04. The monoisotopic (exact) mass is 248 g/mol. The van der Waals surface area contributed by atoms with E-state index in [4.69, 9.17) is 16.3 Å². The Bertz CT molecular complexity index is 260. The fourth-order valence-corrected chi connectivity index (χ4v) is 1.67.